The van der Waals surface area contributed by atoms with Crippen LogP contribution in [0, 0.1) is 12.7 Å². The lowest BCUT2D eigenvalue weighted by molar-refractivity contribution is 0.0695. The fourth-order valence-electron chi connectivity index (χ4n) is 1.77. The lowest BCUT2D eigenvalue weighted by Crippen LogP contribution is -2.14. The molecular formula is C15H11BrFNO3. The fourth-order valence-corrected chi connectivity index (χ4v) is 2.19. The molecule has 2 aromatic carbocycles. The predicted molar refractivity (Wildman–Crippen MR) is 80.2 cm³/mol. The van der Waals surface area contributed by atoms with E-state index in [4.69, 9.17) is 5.11 Å². The van der Waals surface area contributed by atoms with Gasteiger partial charge in [-0.3, -0.25) is 4.79 Å². The van der Waals surface area contributed by atoms with Crippen molar-refractivity contribution in [3.63, 3.8) is 0 Å². The molecule has 21 heavy (non-hydrogen) atoms. The Morgan fingerprint density at radius 1 is 1.14 bits per heavy atom. The van der Waals surface area contributed by atoms with Crippen molar-refractivity contribution in [2.24, 2.45) is 0 Å². The Morgan fingerprint density at radius 2 is 1.86 bits per heavy atom. The van der Waals surface area contributed by atoms with E-state index in [9.17, 15) is 14.0 Å². The van der Waals surface area contributed by atoms with Gasteiger partial charge >= 0.3 is 5.97 Å². The van der Waals surface area contributed by atoms with Gasteiger partial charge in [-0.1, -0.05) is 6.07 Å². The van der Waals surface area contributed by atoms with Crippen LogP contribution in [0.1, 0.15) is 26.3 Å². The van der Waals surface area contributed by atoms with E-state index in [2.05, 4.69) is 21.2 Å². The SMILES string of the molecule is Cc1ccc(C(=O)Nc2ccc(Br)c(C(=O)O)c2)c(F)c1. The molecule has 0 heterocycles. The minimum Gasteiger partial charge on any atom is -0.478 e. The van der Waals surface area contributed by atoms with E-state index in [-0.39, 0.29) is 16.8 Å². The molecule has 2 aromatic rings. The number of carboxylic acids is 1. The first-order valence-electron chi connectivity index (χ1n) is 5.99. The number of benzene rings is 2. The molecule has 0 spiro atoms. The van der Waals surface area contributed by atoms with Crippen molar-refractivity contribution < 1.29 is 19.1 Å². The van der Waals surface area contributed by atoms with Gasteiger partial charge in [-0.2, -0.15) is 0 Å². The maximum Gasteiger partial charge on any atom is 0.336 e. The number of rotatable bonds is 3. The van der Waals surface area contributed by atoms with Gasteiger partial charge in [0.25, 0.3) is 5.91 Å². The molecule has 0 aliphatic heterocycles. The zero-order valence-corrected chi connectivity index (χ0v) is 12.6. The van der Waals surface area contributed by atoms with Gasteiger partial charge in [-0.25, -0.2) is 9.18 Å². The molecule has 4 nitrogen and oxygen atoms in total. The monoisotopic (exact) mass is 351 g/mol. The third-order valence-electron chi connectivity index (χ3n) is 2.82. The molecule has 0 aliphatic carbocycles. The van der Waals surface area contributed by atoms with Gasteiger partial charge in [0, 0.05) is 10.2 Å². The van der Waals surface area contributed by atoms with Crippen molar-refractivity contribution in [1.29, 1.82) is 0 Å². The van der Waals surface area contributed by atoms with Crippen LogP contribution in [-0.4, -0.2) is 17.0 Å². The predicted octanol–water partition coefficient (Wildman–Crippen LogP) is 3.85. The minimum absolute atomic E-state index is 0.0113. The number of halogens is 2. The Kier molecular flexibility index (Phi) is 4.37. The Bertz CT molecular complexity index is 731. The van der Waals surface area contributed by atoms with Gasteiger partial charge < -0.3 is 10.4 Å². The topological polar surface area (TPSA) is 66.4 Å². The molecule has 0 saturated carbocycles. The zero-order chi connectivity index (χ0) is 15.6. The van der Waals surface area contributed by atoms with Crippen molar-refractivity contribution in [2.75, 3.05) is 5.32 Å². The van der Waals surface area contributed by atoms with E-state index in [1.807, 2.05) is 0 Å². The summed E-state index contributed by atoms with van der Waals surface area (Å²) in [6.07, 6.45) is 0. The molecule has 0 fully saturated rings. The molecule has 6 heteroatoms. The standard InChI is InChI=1S/C15H11BrFNO3/c1-8-2-4-10(13(17)6-8)14(19)18-9-3-5-12(16)11(7-9)15(20)21/h2-7H,1H3,(H,18,19)(H,20,21). The summed E-state index contributed by atoms with van der Waals surface area (Å²) in [6.45, 7) is 1.72. The second-order valence-corrected chi connectivity index (χ2v) is 5.29. The van der Waals surface area contributed by atoms with Gasteiger partial charge in [0.1, 0.15) is 5.82 Å². The Balaban J connectivity index is 2.27. The zero-order valence-electron chi connectivity index (χ0n) is 11.0. The summed E-state index contributed by atoms with van der Waals surface area (Å²) in [5, 5.41) is 11.5. The summed E-state index contributed by atoms with van der Waals surface area (Å²) in [7, 11) is 0. The largest absolute Gasteiger partial charge is 0.478 e. The molecule has 1 amide bonds. The van der Waals surface area contributed by atoms with Crippen molar-refractivity contribution in [1.82, 2.24) is 0 Å². The second-order valence-electron chi connectivity index (χ2n) is 4.44. The van der Waals surface area contributed by atoms with Crippen LogP contribution in [0.15, 0.2) is 40.9 Å². The molecule has 0 saturated heterocycles. The molecule has 0 aromatic heterocycles. The van der Waals surface area contributed by atoms with Gasteiger partial charge in [-0.15, -0.1) is 0 Å². The molecule has 0 aliphatic rings. The average molecular weight is 352 g/mol. The first-order valence-corrected chi connectivity index (χ1v) is 6.78. The Morgan fingerprint density at radius 3 is 2.48 bits per heavy atom. The summed E-state index contributed by atoms with van der Waals surface area (Å²) in [6, 6.07) is 8.61. The second kappa shape index (κ2) is 6.05. The van der Waals surface area contributed by atoms with Crippen LogP contribution < -0.4 is 5.32 Å². The molecule has 0 unspecified atom stereocenters. The van der Waals surface area contributed by atoms with E-state index in [0.29, 0.717) is 10.0 Å². The van der Waals surface area contributed by atoms with Crippen LogP contribution in [0.2, 0.25) is 0 Å². The third-order valence-corrected chi connectivity index (χ3v) is 3.52. The number of aryl methyl sites for hydroxylation is 1. The van der Waals surface area contributed by atoms with E-state index in [1.54, 1.807) is 13.0 Å². The molecule has 2 rings (SSSR count). The highest BCUT2D eigenvalue weighted by Crippen LogP contribution is 2.22. The summed E-state index contributed by atoms with van der Waals surface area (Å²) in [5.41, 5.74) is 0.902. The van der Waals surface area contributed by atoms with E-state index < -0.39 is 17.7 Å². The van der Waals surface area contributed by atoms with Crippen molar-refractivity contribution >= 4 is 33.5 Å². The van der Waals surface area contributed by atoms with Crippen molar-refractivity contribution in [3.05, 3.63) is 63.4 Å². The van der Waals surface area contributed by atoms with Crippen LogP contribution in [0.3, 0.4) is 0 Å². The van der Waals surface area contributed by atoms with Gasteiger partial charge in [-0.05, 0) is 58.7 Å². The van der Waals surface area contributed by atoms with Gasteiger partial charge in [0.05, 0.1) is 11.1 Å². The van der Waals surface area contributed by atoms with E-state index in [0.717, 1.165) is 0 Å². The summed E-state index contributed by atoms with van der Waals surface area (Å²) in [5.74, 6) is -2.38. The molecule has 0 bridgehead atoms. The van der Waals surface area contributed by atoms with Crippen LogP contribution in [0.25, 0.3) is 0 Å². The summed E-state index contributed by atoms with van der Waals surface area (Å²) in [4.78, 5) is 23.0. The number of carbonyl (C=O) groups is 2. The quantitative estimate of drug-likeness (QED) is 0.882. The van der Waals surface area contributed by atoms with Crippen LogP contribution in [0.5, 0.6) is 0 Å². The van der Waals surface area contributed by atoms with Crippen LogP contribution in [-0.2, 0) is 0 Å². The van der Waals surface area contributed by atoms with Crippen molar-refractivity contribution in [3.8, 4) is 0 Å². The van der Waals surface area contributed by atoms with Gasteiger partial charge in [0.2, 0.25) is 0 Å². The molecule has 2 N–H and O–H groups in total. The van der Waals surface area contributed by atoms with Crippen molar-refractivity contribution in [2.45, 2.75) is 6.92 Å². The Hall–Kier alpha value is -2.21. The maximum absolute atomic E-state index is 13.7. The number of anilines is 1. The van der Waals surface area contributed by atoms with E-state index in [1.165, 1.54) is 30.3 Å². The first kappa shape index (κ1) is 15.2. The summed E-state index contributed by atoms with van der Waals surface area (Å²) >= 11 is 3.11. The third kappa shape index (κ3) is 3.46. The number of hydrogen-bond donors (Lipinski definition) is 2. The summed E-state index contributed by atoms with van der Waals surface area (Å²) < 4.78 is 14.1. The number of nitrogens with one attached hydrogen (secondary N) is 1. The van der Waals surface area contributed by atoms with Crippen LogP contribution >= 0.6 is 15.9 Å². The number of amides is 1. The normalized spacial score (nSPS) is 10.2. The lowest BCUT2D eigenvalue weighted by atomic mass is 10.1. The Labute approximate surface area is 128 Å². The fraction of sp³-hybridized carbons (Fsp3) is 0.0667. The minimum atomic E-state index is -1.13. The number of carbonyl (C=O) groups excluding carboxylic acids is 1. The maximum atomic E-state index is 13.7. The van der Waals surface area contributed by atoms with E-state index >= 15 is 0 Å². The highest BCUT2D eigenvalue weighted by atomic mass is 79.9. The number of hydrogen-bond acceptors (Lipinski definition) is 2. The number of carboxylic acid groups (broad SMARTS) is 1. The molecule has 0 atom stereocenters. The molecule has 108 valence electrons. The highest BCUT2D eigenvalue weighted by Gasteiger charge is 2.14. The number of aromatic carboxylic acids is 1. The smallest absolute Gasteiger partial charge is 0.336 e. The highest BCUT2D eigenvalue weighted by molar-refractivity contribution is 9.10. The first-order chi connectivity index (χ1) is 9.88. The molecule has 0 radical (unpaired) electrons. The molecular weight excluding hydrogens is 341 g/mol. The van der Waals surface area contributed by atoms with Gasteiger partial charge in [0.15, 0.2) is 0 Å². The average Bonchev–Trinajstić information content (AvgIpc) is 2.40. The van der Waals surface area contributed by atoms with Crippen LogP contribution in [0.4, 0.5) is 10.1 Å². The lowest BCUT2D eigenvalue weighted by Gasteiger charge is -2.08.